The van der Waals surface area contributed by atoms with E-state index in [2.05, 4.69) is 25.2 Å². The smallest absolute Gasteiger partial charge is 0.161 e. The van der Waals surface area contributed by atoms with Gasteiger partial charge in [-0.05, 0) is 31.4 Å². The van der Waals surface area contributed by atoms with Crippen LogP contribution < -0.4 is 5.32 Å². The molecule has 0 aromatic heterocycles. The summed E-state index contributed by atoms with van der Waals surface area (Å²) in [6.07, 6.45) is 5.32. The van der Waals surface area contributed by atoms with E-state index in [-0.39, 0.29) is 11.7 Å². The number of nitriles is 1. The van der Waals surface area contributed by atoms with Gasteiger partial charge in [-0.25, -0.2) is 0 Å². The van der Waals surface area contributed by atoms with E-state index in [1.807, 2.05) is 6.26 Å². The molecule has 0 amide bonds. The molecule has 0 fully saturated rings. The van der Waals surface area contributed by atoms with Gasteiger partial charge in [0, 0.05) is 23.6 Å². The summed E-state index contributed by atoms with van der Waals surface area (Å²) < 4.78 is 0. The average Bonchev–Trinajstić information content (AvgIpc) is 2.37. The lowest BCUT2D eigenvalue weighted by Crippen LogP contribution is -2.32. The van der Waals surface area contributed by atoms with Crippen molar-refractivity contribution in [1.29, 1.82) is 5.26 Å². The molecule has 1 heterocycles. The molecule has 1 N–H and O–H groups in total. The largest absolute Gasteiger partial charge is 0.352 e. The predicted octanol–water partition coefficient (Wildman–Crippen LogP) is 3.36. The van der Waals surface area contributed by atoms with Gasteiger partial charge in [0.15, 0.2) is 5.78 Å². The number of thioether (sulfide) groups is 1. The highest BCUT2D eigenvalue weighted by Gasteiger charge is 2.35. The summed E-state index contributed by atoms with van der Waals surface area (Å²) in [5, 5.41) is 13.7. The fraction of sp³-hybridized carbons (Fsp3) is 0.600. The number of ketones is 1. The third-order valence-corrected chi connectivity index (χ3v) is 4.42. The van der Waals surface area contributed by atoms with Gasteiger partial charge < -0.3 is 5.32 Å². The van der Waals surface area contributed by atoms with Gasteiger partial charge >= 0.3 is 0 Å². The molecule has 102 valence electrons. The highest BCUT2D eigenvalue weighted by Crippen LogP contribution is 2.40. The summed E-state index contributed by atoms with van der Waals surface area (Å²) in [4.78, 5) is 12.2. The van der Waals surface area contributed by atoms with Gasteiger partial charge in [-0.3, -0.25) is 4.79 Å². The molecule has 0 spiro atoms. The van der Waals surface area contributed by atoms with Crippen molar-refractivity contribution < 1.29 is 4.79 Å². The number of hydrogen-bond acceptors (Lipinski definition) is 4. The monoisotopic (exact) mass is 276 g/mol. The fourth-order valence-electron chi connectivity index (χ4n) is 2.90. The SMILES string of the molecule is CSC1=C(C#N)[C@@H](CC(C)C)C2=C(CCCC2=O)N1. The van der Waals surface area contributed by atoms with Crippen LogP contribution in [0, 0.1) is 23.2 Å². The molecule has 0 bridgehead atoms. The van der Waals surface area contributed by atoms with Crippen molar-refractivity contribution in [3.05, 3.63) is 21.9 Å². The van der Waals surface area contributed by atoms with Crippen LogP contribution in [0.2, 0.25) is 0 Å². The third kappa shape index (κ3) is 2.71. The Hall–Kier alpha value is -1.21. The Balaban J connectivity index is 2.46. The first-order valence-corrected chi connectivity index (χ1v) is 8.02. The first kappa shape index (κ1) is 14.2. The van der Waals surface area contributed by atoms with Crippen LogP contribution in [0.25, 0.3) is 0 Å². The van der Waals surface area contributed by atoms with Crippen LogP contribution in [0.3, 0.4) is 0 Å². The number of allylic oxidation sites excluding steroid dienone is 3. The van der Waals surface area contributed by atoms with E-state index in [4.69, 9.17) is 0 Å². The zero-order valence-electron chi connectivity index (χ0n) is 11.7. The normalized spacial score (nSPS) is 23.3. The maximum Gasteiger partial charge on any atom is 0.161 e. The molecular weight excluding hydrogens is 256 g/mol. The second-order valence-electron chi connectivity index (χ2n) is 5.53. The molecule has 0 aromatic rings. The molecule has 4 heteroatoms. The minimum Gasteiger partial charge on any atom is -0.352 e. The Morgan fingerprint density at radius 1 is 1.47 bits per heavy atom. The van der Waals surface area contributed by atoms with Gasteiger partial charge in [-0.15, -0.1) is 11.8 Å². The van der Waals surface area contributed by atoms with E-state index in [9.17, 15) is 10.1 Å². The molecule has 1 aliphatic carbocycles. The zero-order valence-corrected chi connectivity index (χ0v) is 12.6. The van der Waals surface area contributed by atoms with Crippen LogP contribution >= 0.6 is 11.8 Å². The highest BCUT2D eigenvalue weighted by atomic mass is 32.2. The molecule has 2 aliphatic rings. The number of nitrogens with one attached hydrogen (secondary N) is 1. The van der Waals surface area contributed by atoms with Crippen molar-refractivity contribution in [2.75, 3.05) is 6.26 Å². The third-order valence-electron chi connectivity index (χ3n) is 3.69. The second-order valence-corrected chi connectivity index (χ2v) is 6.35. The summed E-state index contributed by atoms with van der Waals surface area (Å²) in [5.41, 5.74) is 2.69. The van der Waals surface area contributed by atoms with Crippen molar-refractivity contribution in [1.82, 2.24) is 5.32 Å². The van der Waals surface area contributed by atoms with Crippen LogP contribution in [0.4, 0.5) is 0 Å². The van der Waals surface area contributed by atoms with Crippen molar-refractivity contribution in [3.63, 3.8) is 0 Å². The number of nitrogens with zero attached hydrogens (tertiary/aromatic N) is 1. The van der Waals surface area contributed by atoms with Gasteiger partial charge in [-0.2, -0.15) is 5.26 Å². The lowest BCUT2D eigenvalue weighted by atomic mass is 9.77. The van der Waals surface area contributed by atoms with E-state index >= 15 is 0 Å². The summed E-state index contributed by atoms with van der Waals surface area (Å²) in [6, 6.07) is 2.32. The lowest BCUT2D eigenvalue weighted by molar-refractivity contribution is -0.116. The zero-order chi connectivity index (χ0) is 14.0. The molecule has 0 unspecified atom stereocenters. The minimum absolute atomic E-state index is 0.00324. The predicted molar refractivity (Wildman–Crippen MR) is 78.1 cm³/mol. The molecule has 3 nitrogen and oxygen atoms in total. The van der Waals surface area contributed by atoms with Gasteiger partial charge in [0.2, 0.25) is 0 Å². The Morgan fingerprint density at radius 3 is 2.79 bits per heavy atom. The van der Waals surface area contributed by atoms with E-state index in [0.29, 0.717) is 12.3 Å². The van der Waals surface area contributed by atoms with E-state index in [0.717, 1.165) is 41.1 Å². The molecule has 1 aliphatic heterocycles. The maximum absolute atomic E-state index is 12.2. The lowest BCUT2D eigenvalue weighted by Gasteiger charge is -2.33. The van der Waals surface area contributed by atoms with Gasteiger partial charge in [-0.1, -0.05) is 13.8 Å². The molecule has 0 saturated carbocycles. The number of carbonyl (C=O) groups excluding carboxylic acids is 1. The molecule has 0 radical (unpaired) electrons. The highest BCUT2D eigenvalue weighted by molar-refractivity contribution is 8.02. The first-order valence-electron chi connectivity index (χ1n) is 6.80. The Morgan fingerprint density at radius 2 is 2.21 bits per heavy atom. The molecule has 2 rings (SSSR count). The van der Waals surface area contributed by atoms with Crippen LogP contribution in [0.1, 0.15) is 39.5 Å². The van der Waals surface area contributed by atoms with Crippen molar-refractivity contribution in [2.24, 2.45) is 11.8 Å². The van der Waals surface area contributed by atoms with Crippen LogP contribution in [-0.4, -0.2) is 12.0 Å². The summed E-state index contributed by atoms with van der Waals surface area (Å²) in [6.45, 7) is 4.28. The van der Waals surface area contributed by atoms with Gasteiger partial charge in [0.05, 0.1) is 16.7 Å². The molecule has 19 heavy (non-hydrogen) atoms. The summed E-state index contributed by atoms with van der Waals surface area (Å²) in [7, 11) is 0. The van der Waals surface area contributed by atoms with E-state index in [1.165, 1.54) is 0 Å². The Labute approximate surface area is 119 Å². The van der Waals surface area contributed by atoms with E-state index in [1.54, 1.807) is 11.8 Å². The van der Waals surface area contributed by atoms with Gasteiger partial charge in [0.1, 0.15) is 0 Å². The number of hydrogen-bond donors (Lipinski definition) is 1. The maximum atomic E-state index is 12.2. The Kier molecular flexibility index (Phi) is 4.36. The minimum atomic E-state index is -0.00324. The quantitative estimate of drug-likeness (QED) is 0.858. The van der Waals surface area contributed by atoms with Crippen LogP contribution in [-0.2, 0) is 4.79 Å². The summed E-state index contributed by atoms with van der Waals surface area (Å²) in [5.74, 6) is 0.696. The number of dihydropyridines is 1. The second kappa shape index (κ2) is 5.83. The van der Waals surface area contributed by atoms with Crippen molar-refractivity contribution >= 4 is 17.5 Å². The number of carbonyl (C=O) groups is 1. The van der Waals surface area contributed by atoms with Crippen LogP contribution in [0.5, 0.6) is 0 Å². The van der Waals surface area contributed by atoms with Crippen molar-refractivity contribution in [3.8, 4) is 6.07 Å². The molecule has 1 atom stereocenters. The van der Waals surface area contributed by atoms with Crippen molar-refractivity contribution in [2.45, 2.75) is 39.5 Å². The number of Topliss-reactive ketones (excluding diaryl/α,β-unsaturated/α-hetero) is 1. The topological polar surface area (TPSA) is 52.9 Å². The van der Waals surface area contributed by atoms with Crippen LogP contribution in [0.15, 0.2) is 21.9 Å². The summed E-state index contributed by atoms with van der Waals surface area (Å²) >= 11 is 1.57. The average molecular weight is 276 g/mol. The molecular formula is C15H20N2OS. The molecule has 0 saturated heterocycles. The fourth-order valence-corrected chi connectivity index (χ4v) is 3.53. The number of rotatable bonds is 3. The van der Waals surface area contributed by atoms with Gasteiger partial charge in [0.25, 0.3) is 0 Å². The first-order chi connectivity index (χ1) is 9.08. The van der Waals surface area contributed by atoms with E-state index < -0.39 is 0 Å². The standard InChI is InChI=1S/C15H20N2OS/c1-9(2)7-10-11(8-16)15(19-3)17-12-5-4-6-13(18)14(10)12/h9-10,17H,4-7H2,1-3H3/t10-/m1/s1. The molecule has 0 aromatic carbocycles. The Bertz CT molecular complexity index is 497.